The fourth-order valence-electron chi connectivity index (χ4n) is 1.46. The first-order valence-electron chi connectivity index (χ1n) is 5.46. The van der Waals surface area contributed by atoms with Gasteiger partial charge in [0.1, 0.15) is 18.4 Å². The molecular weight excluding hydrogens is 238 g/mol. The molecule has 0 spiro atoms. The summed E-state index contributed by atoms with van der Waals surface area (Å²) in [6.45, 7) is 0.0806. The van der Waals surface area contributed by atoms with E-state index in [1.54, 1.807) is 0 Å². The van der Waals surface area contributed by atoms with E-state index in [-0.39, 0.29) is 19.8 Å². The first-order valence-corrected chi connectivity index (χ1v) is 5.46. The summed E-state index contributed by atoms with van der Waals surface area (Å²) in [4.78, 5) is 4.06. The Morgan fingerprint density at radius 1 is 1.67 bits per heavy atom. The minimum absolute atomic E-state index is 0.156. The third-order valence-electron chi connectivity index (χ3n) is 2.38. The molecule has 4 N–H and O–H groups in total. The van der Waals surface area contributed by atoms with Crippen LogP contribution in [0.1, 0.15) is 6.42 Å². The third kappa shape index (κ3) is 4.43. The summed E-state index contributed by atoms with van der Waals surface area (Å²) in [7, 11) is 0. The highest BCUT2D eigenvalue weighted by Crippen LogP contribution is 2.20. The van der Waals surface area contributed by atoms with Crippen molar-refractivity contribution in [1.29, 1.82) is 0 Å². The van der Waals surface area contributed by atoms with E-state index in [1.165, 1.54) is 6.21 Å². The molecule has 0 aromatic carbocycles. The van der Waals surface area contributed by atoms with Gasteiger partial charge in [0, 0.05) is 6.42 Å². The van der Waals surface area contributed by atoms with E-state index in [0.717, 1.165) is 0 Å². The highest BCUT2D eigenvalue weighted by molar-refractivity contribution is 6.31. The molecule has 1 fully saturated rings. The van der Waals surface area contributed by atoms with E-state index in [1.807, 2.05) is 0 Å². The van der Waals surface area contributed by atoms with Crippen molar-refractivity contribution < 1.29 is 19.7 Å². The van der Waals surface area contributed by atoms with Crippen molar-refractivity contribution in [2.45, 2.75) is 24.9 Å². The second kappa shape index (κ2) is 7.79. The molecule has 100 valence electrons. The zero-order chi connectivity index (χ0) is 13.4. The van der Waals surface area contributed by atoms with E-state index in [2.05, 4.69) is 16.0 Å². The van der Waals surface area contributed by atoms with E-state index in [9.17, 15) is 5.11 Å². The van der Waals surface area contributed by atoms with Gasteiger partial charge < -0.3 is 25.5 Å². The number of aliphatic hydroxyl groups excluding tert-OH is 2. The van der Waals surface area contributed by atoms with Crippen molar-refractivity contribution in [3.05, 3.63) is 0 Å². The van der Waals surface area contributed by atoms with Gasteiger partial charge in [0.05, 0.1) is 25.5 Å². The summed E-state index contributed by atoms with van der Waals surface area (Å²) in [5, 5.41) is 21.9. The Morgan fingerprint density at radius 2 is 2.44 bits per heavy atom. The van der Waals surface area contributed by atoms with Gasteiger partial charge >= 0.3 is 0 Å². The van der Waals surface area contributed by atoms with Crippen LogP contribution in [0.15, 0.2) is 10.1 Å². The molecule has 1 unspecified atom stereocenters. The second-order valence-corrected chi connectivity index (χ2v) is 3.71. The molecule has 1 saturated heterocycles. The van der Waals surface area contributed by atoms with Crippen LogP contribution >= 0.6 is 0 Å². The van der Waals surface area contributed by atoms with Crippen molar-refractivity contribution >= 4 is 11.9 Å². The summed E-state index contributed by atoms with van der Waals surface area (Å²) < 4.78 is 10.3. The van der Waals surface area contributed by atoms with Crippen LogP contribution in [0.3, 0.4) is 0 Å². The van der Waals surface area contributed by atoms with Crippen molar-refractivity contribution in [3.8, 4) is 12.3 Å². The van der Waals surface area contributed by atoms with E-state index in [4.69, 9.17) is 26.8 Å². The van der Waals surface area contributed by atoms with Crippen molar-refractivity contribution in [2.24, 2.45) is 15.9 Å². The lowest BCUT2D eigenvalue weighted by Crippen LogP contribution is -2.24. The minimum atomic E-state index is -0.715. The zero-order valence-corrected chi connectivity index (χ0v) is 9.90. The molecule has 18 heavy (non-hydrogen) atoms. The van der Waals surface area contributed by atoms with Crippen LogP contribution in [0.5, 0.6) is 0 Å². The number of hydrogen-bond acceptors (Lipinski definition) is 7. The number of rotatable bonds is 6. The predicted octanol–water partition coefficient (Wildman–Crippen LogP) is -1.51. The summed E-state index contributed by atoms with van der Waals surface area (Å²) in [6, 6.07) is 0. The molecule has 7 nitrogen and oxygen atoms in total. The van der Waals surface area contributed by atoms with Crippen LogP contribution < -0.4 is 5.84 Å². The molecule has 0 aromatic rings. The number of hydrogen-bond donors (Lipinski definition) is 3. The highest BCUT2D eigenvalue weighted by atomic mass is 16.5. The summed E-state index contributed by atoms with van der Waals surface area (Å²) in [5.74, 6) is 7.47. The van der Waals surface area contributed by atoms with E-state index in [0.29, 0.717) is 12.1 Å². The fraction of sp³-hybridized carbons (Fsp3) is 0.636. The Morgan fingerprint density at radius 3 is 3.00 bits per heavy atom. The largest absolute Gasteiger partial charge is 0.394 e. The van der Waals surface area contributed by atoms with Gasteiger partial charge in [-0.2, -0.15) is 5.10 Å². The Labute approximate surface area is 105 Å². The molecule has 0 aliphatic carbocycles. The van der Waals surface area contributed by atoms with Crippen LogP contribution in [0.4, 0.5) is 0 Å². The van der Waals surface area contributed by atoms with Crippen molar-refractivity contribution in [1.82, 2.24) is 0 Å². The standard InChI is InChI=1S/C11H17N3O4/c1-2-3-17-7-8(14-12)5-13-11-4-9(16)10(6-15)18-11/h1,5,9-11,15-16H,3-4,6-7,12H2/t9?,10-,11-/m1/s1. The Hall–Kier alpha value is -1.46. The molecule has 0 amide bonds. The van der Waals surface area contributed by atoms with Crippen LogP contribution in [0, 0.1) is 12.3 Å². The zero-order valence-electron chi connectivity index (χ0n) is 9.90. The first-order chi connectivity index (χ1) is 8.71. The lowest BCUT2D eigenvalue weighted by atomic mass is 10.2. The number of terminal acetylenes is 1. The van der Waals surface area contributed by atoms with Gasteiger partial charge in [0.25, 0.3) is 0 Å². The monoisotopic (exact) mass is 255 g/mol. The van der Waals surface area contributed by atoms with Crippen LogP contribution in [0.25, 0.3) is 0 Å². The number of ether oxygens (including phenoxy) is 2. The third-order valence-corrected chi connectivity index (χ3v) is 2.38. The van der Waals surface area contributed by atoms with Gasteiger partial charge in [0.2, 0.25) is 0 Å². The van der Waals surface area contributed by atoms with Crippen molar-refractivity contribution in [2.75, 3.05) is 19.8 Å². The first kappa shape index (κ1) is 14.6. The average Bonchev–Trinajstić information content (AvgIpc) is 2.74. The van der Waals surface area contributed by atoms with Gasteiger partial charge in [0.15, 0.2) is 6.23 Å². The number of aliphatic hydroxyl groups is 2. The van der Waals surface area contributed by atoms with Crippen molar-refractivity contribution in [3.63, 3.8) is 0 Å². The number of aliphatic imine (C=N–C) groups is 1. The maximum Gasteiger partial charge on any atom is 0.151 e. The molecular formula is C11H17N3O4. The fourth-order valence-corrected chi connectivity index (χ4v) is 1.46. The molecule has 3 atom stereocenters. The van der Waals surface area contributed by atoms with Gasteiger partial charge in [-0.05, 0) is 0 Å². The molecule has 0 bridgehead atoms. The van der Waals surface area contributed by atoms with Gasteiger partial charge in [-0.15, -0.1) is 6.42 Å². The molecule has 7 heteroatoms. The maximum atomic E-state index is 9.49. The Balaban J connectivity index is 2.41. The average molecular weight is 255 g/mol. The minimum Gasteiger partial charge on any atom is -0.394 e. The van der Waals surface area contributed by atoms with Crippen LogP contribution in [-0.2, 0) is 9.47 Å². The highest BCUT2D eigenvalue weighted by Gasteiger charge is 2.32. The maximum absolute atomic E-state index is 9.49. The molecule has 1 aliphatic rings. The quantitative estimate of drug-likeness (QED) is 0.176. The molecule has 0 saturated carbocycles. The predicted molar refractivity (Wildman–Crippen MR) is 66.1 cm³/mol. The number of nitrogens with two attached hydrogens (primary N) is 1. The van der Waals surface area contributed by atoms with E-state index >= 15 is 0 Å². The lowest BCUT2D eigenvalue weighted by molar-refractivity contribution is -0.0192. The number of nitrogens with zero attached hydrogens (tertiary/aromatic N) is 2. The normalized spacial score (nSPS) is 28.7. The molecule has 1 aliphatic heterocycles. The van der Waals surface area contributed by atoms with Gasteiger partial charge in [-0.1, -0.05) is 5.92 Å². The lowest BCUT2D eigenvalue weighted by Gasteiger charge is -2.09. The van der Waals surface area contributed by atoms with E-state index < -0.39 is 18.4 Å². The van der Waals surface area contributed by atoms with Crippen LogP contribution in [0.2, 0.25) is 0 Å². The molecule has 1 rings (SSSR count). The second-order valence-electron chi connectivity index (χ2n) is 3.71. The summed E-state index contributed by atoms with van der Waals surface area (Å²) in [5.41, 5.74) is 0.413. The number of hydrazone groups is 1. The van der Waals surface area contributed by atoms with Gasteiger partial charge in [-0.3, -0.25) is 4.99 Å². The topological polar surface area (TPSA) is 110 Å². The Kier molecular flexibility index (Phi) is 6.32. The molecule has 0 aromatic heterocycles. The summed E-state index contributed by atoms with van der Waals surface area (Å²) in [6.07, 6.45) is 4.94. The van der Waals surface area contributed by atoms with Crippen LogP contribution in [-0.4, -0.2) is 60.4 Å². The molecule has 1 heterocycles. The SMILES string of the molecule is C#CCOCC(C=N[C@H]1CC(O)[C@@H](CO)O1)=NN. The smallest absolute Gasteiger partial charge is 0.151 e. The Bertz CT molecular complexity index is 351. The van der Waals surface area contributed by atoms with Gasteiger partial charge in [-0.25, -0.2) is 0 Å². The molecule has 0 radical (unpaired) electrons. The summed E-state index contributed by atoms with van der Waals surface area (Å²) >= 11 is 0.